The van der Waals surface area contributed by atoms with Gasteiger partial charge in [-0.25, -0.2) is 0 Å². The first-order valence-electron chi connectivity index (χ1n) is 6.96. The Morgan fingerprint density at radius 3 is 2.38 bits per heavy atom. The van der Waals surface area contributed by atoms with Crippen LogP contribution in [0.25, 0.3) is 0 Å². The molecular formula is C15H22ClN3O2. The highest BCUT2D eigenvalue weighted by Crippen LogP contribution is 2.23. The third-order valence-electron chi connectivity index (χ3n) is 3.54. The second-order valence-electron chi connectivity index (χ2n) is 5.45. The number of halogens is 1. The van der Waals surface area contributed by atoms with Crippen LogP contribution in [0.5, 0.6) is 0 Å². The molecule has 0 radical (unpaired) electrons. The predicted octanol–water partition coefficient (Wildman–Crippen LogP) is 2.16. The maximum atomic E-state index is 11.8. The molecule has 1 aromatic carbocycles. The van der Waals surface area contributed by atoms with Crippen LogP contribution in [0.1, 0.15) is 26.7 Å². The van der Waals surface area contributed by atoms with E-state index in [1.54, 1.807) is 17.0 Å². The predicted molar refractivity (Wildman–Crippen MR) is 86.7 cm³/mol. The summed E-state index contributed by atoms with van der Waals surface area (Å²) in [5.41, 5.74) is 7.36. The number of hydrogen-bond donors (Lipinski definition) is 2. The van der Waals surface area contributed by atoms with Crippen molar-refractivity contribution in [3.05, 3.63) is 24.3 Å². The number of amides is 2. The molecule has 1 heterocycles. The van der Waals surface area contributed by atoms with Gasteiger partial charge in [-0.05, 0) is 36.6 Å². The molecule has 5 nitrogen and oxygen atoms in total. The molecule has 0 bridgehead atoms. The van der Waals surface area contributed by atoms with E-state index < -0.39 is 6.04 Å². The summed E-state index contributed by atoms with van der Waals surface area (Å²) in [7, 11) is 0. The Bertz CT molecular complexity index is 502. The highest BCUT2D eigenvalue weighted by molar-refractivity contribution is 5.97. The van der Waals surface area contributed by atoms with E-state index in [9.17, 15) is 9.59 Å². The second kappa shape index (κ2) is 7.43. The molecule has 2 amide bonds. The summed E-state index contributed by atoms with van der Waals surface area (Å²) in [4.78, 5) is 25.3. The smallest absolute Gasteiger partial charge is 0.241 e. The number of carbonyl (C=O) groups is 2. The largest absolute Gasteiger partial charge is 0.325 e. The quantitative estimate of drug-likeness (QED) is 0.894. The van der Waals surface area contributed by atoms with E-state index in [4.69, 9.17) is 5.73 Å². The molecule has 1 aliphatic rings. The van der Waals surface area contributed by atoms with Crippen LogP contribution < -0.4 is 16.0 Å². The third kappa shape index (κ3) is 4.19. The van der Waals surface area contributed by atoms with Crippen molar-refractivity contribution >= 4 is 35.6 Å². The summed E-state index contributed by atoms with van der Waals surface area (Å²) in [5.74, 6) is 0.0603. The van der Waals surface area contributed by atoms with Gasteiger partial charge in [-0.1, -0.05) is 13.8 Å². The van der Waals surface area contributed by atoms with E-state index in [0.717, 1.165) is 18.7 Å². The van der Waals surface area contributed by atoms with E-state index in [-0.39, 0.29) is 30.1 Å². The van der Waals surface area contributed by atoms with Gasteiger partial charge in [-0.15, -0.1) is 12.4 Å². The van der Waals surface area contributed by atoms with Crippen LogP contribution in [-0.4, -0.2) is 24.4 Å². The first-order chi connectivity index (χ1) is 9.49. The molecule has 6 heteroatoms. The molecule has 2 rings (SSSR count). The Morgan fingerprint density at radius 2 is 1.90 bits per heavy atom. The topological polar surface area (TPSA) is 75.4 Å². The fraction of sp³-hybridized carbons (Fsp3) is 0.467. The van der Waals surface area contributed by atoms with Crippen molar-refractivity contribution in [1.29, 1.82) is 0 Å². The number of carbonyl (C=O) groups excluding carboxylic acids is 2. The van der Waals surface area contributed by atoms with Gasteiger partial charge in [0, 0.05) is 24.3 Å². The minimum absolute atomic E-state index is 0. The van der Waals surface area contributed by atoms with E-state index >= 15 is 0 Å². The lowest BCUT2D eigenvalue weighted by atomic mass is 10.0. The van der Waals surface area contributed by atoms with Crippen LogP contribution in [-0.2, 0) is 9.59 Å². The number of benzene rings is 1. The lowest BCUT2D eigenvalue weighted by Gasteiger charge is -2.17. The molecule has 1 atom stereocenters. The molecule has 0 aliphatic carbocycles. The normalized spacial score (nSPS) is 15.8. The monoisotopic (exact) mass is 311 g/mol. The average molecular weight is 312 g/mol. The first-order valence-corrected chi connectivity index (χ1v) is 6.96. The van der Waals surface area contributed by atoms with Crippen molar-refractivity contribution in [2.24, 2.45) is 11.7 Å². The van der Waals surface area contributed by atoms with Crippen molar-refractivity contribution < 1.29 is 9.59 Å². The van der Waals surface area contributed by atoms with Crippen molar-refractivity contribution in [1.82, 2.24) is 0 Å². The summed E-state index contributed by atoms with van der Waals surface area (Å²) in [6.45, 7) is 4.58. The number of rotatable bonds is 4. The van der Waals surface area contributed by atoms with Gasteiger partial charge in [-0.2, -0.15) is 0 Å². The summed E-state index contributed by atoms with van der Waals surface area (Å²) in [5, 5.41) is 2.78. The lowest BCUT2D eigenvalue weighted by Crippen LogP contribution is -2.39. The molecule has 0 spiro atoms. The van der Waals surface area contributed by atoms with Crippen LogP contribution in [0, 0.1) is 5.92 Å². The van der Waals surface area contributed by atoms with Gasteiger partial charge in [0.25, 0.3) is 0 Å². The standard InChI is InChI=1S/C15H21N3O2.ClH/c1-10(2)14(16)15(20)17-11-5-7-12(8-6-11)18-9-3-4-13(18)19;/h5-8,10,14H,3-4,9,16H2,1-2H3,(H,17,20);1H/t14-;/m1./s1. The highest BCUT2D eigenvalue weighted by atomic mass is 35.5. The number of anilines is 2. The lowest BCUT2D eigenvalue weighted by molar-refractivity contribution is -0.118. The summed E-state index contributed by atoms with van der Waals surface area (Å²) < 4.78 is 0. The number of nitrogens with one attached hydrogen (secondary N) is 1. The highest BCUT2D eigenvalue weighted by Gasteiger charge is 2.21. The Balaban J connectivity index is 0.00000220. The van der Waals surface area contributed by atoms with E-state index in [1.165, 1.54) is 0 Å². The van der Waals surface area contributed by atoms with Crippen molar-refractivity contribution in [3.8, 4) is 0 Å². The van der Waals surface area contributed by atoms with E-state index in [0.29, 0.717) is 12.1 Å². The zero-order chi connectivity index (χ0) is 14.7. The van der Waals surface area contributed by atoms with E-state index in [2.05, 4.69) is 5.32 Å². The van der Waals surface area contributed by atoms with E-state index in [1.807, 2.05) is 26.0 Å². The van der Waals surface area contributed by atoms with Gasteiger partial charge >= 0.3 is 0 Å². The van der Waals surface area contributed by atoms with Gasteiger partial charge in [0.05, 0.1) is 6.04 Å². The summed E-state index contributed by atoms with van der Waals surface area (Å²) in [6, 6.07) is 6.77. The molecule has 21 heavy (non-hydrogen) atoms. The molecule has 3 N–H and O–H groups in total. The van der Waals surface area contributed by atoms with Crippen LogP contribution in [0.15, 0.2) is 24.3 Å². The number of nitrogens with two attached hydrogens (primary N) is 1. The van der Waals surface area contributed by atoms with Crippen LogP contribution in [0.4, 0.5) is 11.4 Å². The minimum atomic E-state index is -0.519. The fourth-order valence-electron chi connectivity index (χ4n) is 2.17. The zero-order valence-corrected chi connectivity index (χ0v) is 13.2. The molecular weight excluding hydrogens is 290 g/mol. The van der Waals surface area contributed by atoms with Gasteiger partial charge in [0.1, 0.15) is 0 Å². The van der Waals surface area contributed by atoms with Crippen molar-refractivity contribution in [2.45, 2.75) is 32.7 Å². The maximum Gasteiger partial charge on any atom is 0.241 e. The molecule has 0 aromatic heterocycles. The van der Waals surface area contributed by atoms with Crippen molar-refractivity contribution in [3.63, 3.8) is 0 Å². The van der Waals surface area contributed by atoms with Gasteiger partial charge in [-0.3, -0.25) is 9.59 Å². The van der Waals surface area contributed by atoms with Crippen molar-refractivity contribution in [2.75, 3.05) is 16.8 Å². The molecule has 1 aromatic rings. The molecule has 1 aliphatic heterocycles. The molecule has 0 unspecified atom stereocenters. The Morgan fingerprint density at radius 1 is 1.29 bits per heavy atom. The Hall–Kier alpha value is -1.59. The van der Waals surface area contributed by atoms with Crippen LogP contribution >= 0.6 is 12.4 Å². The molecule has 0 saturated carbocycles. The Kier molecular flexibility index (Phi) is 6.18. The van der Waals surface area contributed by atoms with Crippen LogP contribution in [0.3, 0.4) is 0 Å². The SMILES string of the molecule is CC(C)[C@@H](N)C(=O)Nc1ccc(N2CCCC2=O)cc1.Cl. The van der Waals surface area contributed by atoms with Gasteiger partial charge in [0.2, 0.25) is 11.8 Å². The van der Waals surface area contributed by atoms with Gasteiger partial charge < -0.3 is 16.0 Å². The minimum Gasteiger partial charge on any atom is -0.325 e. The first kappa shape index (κ1) is 17.5. The second-order valence-corrected chi connectivity index (χ2v) is 5.45. The fourth-order valence-corrected chi connectivity index (χ4v) is 2.17. The third-order valence-corrected chi connectivity index (χ3v) is 3.54. The number of nitrogens with zero attached hydrogens (tertiary/aromatic N) is 1. The molecule has 1 saturated heterocycles. The summed E-state index contributed by atoms with van der Waals surface area (Å²) >= 11 is 0. The Labute approximate surface area is 131 Å². The molecule has 116 valence electrons. The number of hydrogen-bond acceptors (Lipinski definition) is 3. The summed E-state index contributed by atoms with van der Waals surface area (Å²) in [6.07, 6.45) is 1.52. The van der Waals surface area contributed by atoms with Gasteiger partial charge in [0.15, 0.2) is 0 Å². The zero-order valence-electron chi connectivity index (χ0n) is 12.3. The average Bonchev–Trinajstić information content (AvgIpc) is 2.85. The van der Waals surface area contributed by atoms with Crippen LogP contribution in [0.2, 0.25) is 0 Å². The maximum absolute atomic E-state index is 11.8. The molecule has 1 fully saturated rings.